The van der Waals surface area contributed by atoms with Gasteiger partial charge in [-0.15, -0.1) is 0 Å². The molecule has 2 fully saturated rings. The molecule has 1 saturated carbocycles. The van der Waals surface area contributed by atoms with E-state index in [1.54, 1.807) is 0 Å². The molecule has 1 amide bonds. The standard InChI is InChI=1S/C13H21N5O2/c14-11(19)7-18(10-3-5-15-6-4-10)8-12-16-13(17-20-12)9-1-2-9/h9-10,15H,1-8H2,(H2,14,19). The molecule has 1 aromatic rings. The Balaban J connectivity index is 1.65. The van der Waals surface area contributed by atoms with Crippen LogP contribution < -0.4 is 11.1 Å². The van der Waals surface area contributed by atoms with Crippen molar-refractivity contribution in [1.29, 1.82) is 0 Å². The number of rotatable bonds is 6. The van der Waals surface area contributed by atoms with Gasteiger partial charge in [-0.25, -0.2) is 0 Å². The molecule has 0 atom stereocenters. The summed E-state index contributed by atoms with van der Waals surface area (Å²) in [6.45, 7) is 2.69. The second-order valence-electron chi connectivity index (χ2n) is 5.67. The van der Waals surface area contributed by atoms with Gasteiger partial charge in [-0.05, 0) is 38.8 Å². The van der Waals surface area contributed by atoms with E-state index in [4.69, 9.17) is 10.3 Å². The number of carbonyl (C=O) groups excluding carboxylic acids is 1. The fourth-order valence-corrected chi connectivity index (χ4v) is 2.70. The molecule has 0 bridgehead atoms. The van der Waals surface area contributed by atoms with Gasteiger partial charge in [-0.3, -0.25) is 9.69 Å². The Kier molecular flexibility index (Phi) is 3.98. The molecule has 0 spiro atoms. The Labute approximate surface area is 117 Å². The summed E-state index contributed by atoms with van der Waals surface area (Å²) in [6.07, 6.45) is 4.32. The van der Waals surface area contributed by atoms with Gasteiger partial charge in [0.15, 0.2) is 5.82 Å². The first kappa shape index (κ1) is 13.5. The normalized spacial score (nSPS) is 20.4. The molecule has 7 nitrogen and oxygen atoms in total. The second kappa shape index (κ2) is 5.88. The van der Waals surface area contributed by atoms with Crippen LogP contribution in [0.2, 0.25) is 0 Å². The van der Waals surface area contributed by atoms with Crippen molar-refractivity contribution < 1.29 is 9.32 Å². The van der Waals surface area contributed by atoms with Gasteiger partial charge in [0.2, 0.25) is 11.8 Å². The van der Waals surface area contributed by atoms with E-state index in [0.29, 0.717) is 24.4 Å². The molecule has 1 saturated heterocycles. The number of amides is 1. The lowest BCUT2D eigenvalue weighted by atomic mass is 10.0. The fraction of sp³-hybridized carbons (Fsp3) is 0.769. The highest BCUT2D eigenvalue weighted by atomic mass is 16.5. The van der Waals surface area contributed by atoms with Crippen LogP contribution in [0.4, 0.5) is 0 Å². The largest absolute Gasteiger partial charge is 0.369 e. The van der Waals surface area contributed by atoms with E-state index in [2.05, 4.69) is 20.4 Å². The van der Waals surface area contributed by atoms with Crippen LogP contribution in [-0.2, 0) is 11.3 Å². The zero-order valence-corrected chi connectivity index (χ0v) is 11.5. The summed E-state index contributed by atoms with van der Waals surface area (Å²) >= 11 is 0. The van der Waals surface area contributed by atoms with Crippen molar-refractivity contribution in [2.45, 2.75) is 44.2 Å². The molecular formula is C13H21N5O2. The maximum atomic E-state index is 11.3. The third kappa shape index (κ3) is 3.34. The molecule has 1 aliphatic carbocycles. The van der Waals surface area contributed by atoms with Crippen molar-refractivity contribution in [2.24, 2.45) is 5.73 Å². The van der Waals surface area contributed by atoms with Crippen LogP contribution in [0.3, 0.4) is 0 Å². The quantitative estimate of drug-likeness (QED) is 0.760. The molecule has 3 N–H and O–H groups in total. The summed E-state index contributed by atoms with van der Waals surface area (Å²) < 4.78 is 5.30. The minimum atomic E-state index is -0.314. The number of hydrogen-bond donors (Lipinski definition) is 2. The van der Waals surface area contributed by atoms with Gasteiger partial charge in [0.05, 0.1) is 13.1 Å². The van der Waals surface area contributed by atoms with Gasteiger partial charge >= 0.3 is 0 Å². The molecule has 7 heteroatoms. The highest BCUT2D eigenvalue weighted by Crippen LogP contribution is 2.38. The smallest absolute Gasteiger partial charge is 0.240 e. The van der Waals surface area contributed by atoms with Gasteiger partial charge in [0, 0.05) is 12.0 Å². The van der Waals surface area contributed by atoms with Gasteiger partial charge in [-0.2, -0.15) is 4.98 Å². The van der Waals surface area contributed by atoms with Crippen molar-refractivity contribution in [1.82, 2.24) is 20.4 Å². The van der Waals surface area contributed by atoms with Gasteiger partial charge in [-0.1, -0.05) is 5.16 Å². The molecular weight excluding hydrogens is 258 g/mol. The third-order valence-corrected chi connectivity index (χ3v) is 3.95. The first-order chi connectivity index (χ1) is 9.72. The second-order valence-corrected chi connectivity index (χ2v) is 5.67. The number of piperidine rings is 1. The first-order valence-electron chi connectivity index (χ1n) is 7.28. The van der Waals surface area contributed by atoms with E-state index >= 15 is 0 Å². The van der Waals surface area contributed by atoms with Gasteiger partial charge in [0.25, 0.3) is 0 Å². The molecule has 2 heterocycles. The molecule has 0 unspecified atom stereocenters. The number of aromatic nitrogens is 2. The highest BCUT2D eigenvalue weighted by Gasteiger charge is 2.30. The molecule has 110 valence electrons. The number of hydrogen-bond acceptors (Lipinski definition) is 6. The summed E-state index contributed by atoms with van der Waals surface area (Å²) in [5.74, 6) is 1.57. The molecule has 20 heavy (non-hydrogen) atoms. The first-order valence-corrected chi connectivity index (χ1v) is 7.28. The fourth-order valence-electron chi connectivity index (χ4n) is 2.70. The molecule has 3 rings (SSSR count). The molecule has 2 aliphatic rings. The molecule has 0 radical (unpaired) electrons. The van der Waals surface area contributed by atoms with Crippen molar-refractivity contribution in [3.63, 3.8) is 0 Å². The van der Waals surface area contributed by atoms with Crippen LogP contribution in [-0.4, -0.2) is 46.6 Å². The Morgan fingerprint density at radius 2 is 2.10 bits per heavy atom. The number of nitrogens with one attached hydrogen (secondary N) is 1. The third-order valence-electron chi connectivity index (χ3n) is 3.95. The van der Waals surface area contributed by atoms with E-state index in [0.717, 1.165) is 44.6 Å². The van der Waals surface area contributed by atoms with Crippen LogP contribution >= 0.6 is 0 Å². The lowest BCUT2D eigenvalue weighted by Gasteiger charge is -2.32. The summed E-state index contributed by atoms with van der Waals surface area (Å²) in [6, 6.07) is 0.347. The van der Waals surface area contributed by atoms with Crippen LogP contribution in [0.25, 0.3) is 0 Å². The van der Waals surface area contributed by atoms with E-state index in [-0.39, 0.29) is 12.5 Å². The lowest BCUT2D eigenvalue weighted by molar-refractivity contribution is -0.120. The predicted molar refractivity (Wildman–Crippen MR) is 71.8 cm³/mol. The van der Waals surface area contributed by atoms with Gasteiger partial charge in [0.1, 0.15) is 0 Å². The van der Waals surface area contributed by atoms with Crippen LogP contribution in [0.1, 0.15) is 43.3 Å². The van der Waals surface area contributed by atoms with Crippen molar-refractivity contribution in [3.8, 4) is 0 Å². The highest BCUT2D eigenvalue weighted by molar-refractivity contribution is 5.75. The summed E-state index contributed by atoms with van der Waals surface area (Å²) in [5, 5.41) is 7.33. The zero-order chi connectivity index (χ0) is 13.9. The lowest BCUT2D eigenvalue weighted by Crippen LogP contribution is -2.46. The minimum Gasteiger partial charge on any atom is -0.369 e. The van der Waals surface area contributed by atoms with Crippen LogP contribution in [0, 0.1) is 0 Å². The van der Waals surface area contributed by atoms with E-state index in [9.17, 15) is 4.79 Å². The predicted octanol–water partition coefficient (Wildman–Crippen LogP) is -0.0137. The van der Waals surface area contributed by atoms with Crippen molar-refractivity contribution >= 4 is 5.91 Å². The summed E-state index contributed by atoms with van der Waals surface area (Å²) in [5.41, 5.74) is 5.35. The molecule has 0 aromatic carbocycles. The number of nitrogens with two attached hydrogens (primary N) is 1. The van der Waals surface area contributed by atoms with E-state index in [1.165, 1.54) is 0 Å². The zero-order valence-electron chi connectivity index (χ0n) is 11.5. The maximum absolute atomic E-state index is 11.3. The minimum absolute atomic E-state index is 0.242. The Bertz CT molecular complexity index is 465. The number of primary amides is 1. The monoisotopic (exact) mass is 279 g/mol. The summed E-state index contributed by atoms with van der Waals surface area (Å²) in [4.78, 5) is 17.8. The van der Waals surface area contributed by atoms with Crippen LogP contribution in [0.5, 0.6) is 0 Å². The Morgan fingerprint density at radius 1 is 1.35 bits per heavy atom. The van der Waals surface area contributed by atoms with E-state index in [1.807, 2.05) is 0 Å². The SMILES string of the molecule is NC(=O)CN(Cc1nc(C2CC2)no1)C1CCNCC1. The van der Waals surface area contributed by atoms with Crippen molar-refractivity contribution in [3.05, 3.63) is 11.7 Å². The summed E-state index contributed by atoms with van der Waals surface area (Å²) in [7, 11) is 0. The average molecular weight is 279 g/mol. The van der Waals surface area contributed by atoms with Crippen LogP contribution in [0.15, 0.2) is 4.52 Å². The average Bonchev–Trinajstić information content (AvgIpc) is 3.19. The Morgan fingerprint density at radius 3 is 2.75 bits per heavy atom. The molecule has 1 aliphatic heterocycles. The number of carbonyl (C=O) groups is 1. The van der Waals surface area contributed by atoms with Gasteiger partial charge < -0.3 is 15.6 Å². The molecule has 1 aromatic heterocycles. The van der Waals surface area contributed by atoms with Crippen molar-refractivity contribution in [2.75, 3.05) is 19.6 Å². The topological polar surface area (TPSA) is 97.3 Å². The maximum Gasteiger partial charge on any atom is 0.240 e. The Hall–Kier alpha value is -1.47. The number of nitrogens with zero attached hydrogens (tertiary/aromatic N) is 3. The van der Waals surface area contributed by atoms with E-state index < -0.39 is 0 Å².